The van der Waals surface area contributed by atoms with Crippen molar-refractivity contribution in [1.82, 2.24) is 10.2 Å². The topological polar surface area (TPSA) is 69.6 Å². The Hall–Kier alpha value is -1.26. The normalized spacial score (nSPS) is 16.9. The molecule has 5 heteroatoms. The Morgan fingerprint density at radius 2 is 1.82 bits per heavy atom. The van der Waals surface area contributed by atoms with Gasteiger partial charge in [-0.2, -0.15) is 0 Å². The summed E-state index contributed by atoms with van der Waals surface area (Å²) in [5.41, 5.74) is -0.485. The summed E-state index contributed by atoms with van der Waals surface area (Å²) < 4.78 is 0. The number of aliphatic carboxylic acids is 1. The molecule has 17 heavy (non-hydrogen) atoms. The number of carboxylic acids is 1. The van der Waals surface area contributed by atoms with Crippen molar-refractivity contribution >= 4 is 12.0 Å². The number of carbonyl (C=O) groups is 2. The Morgan fingerprint density at radius 3 is 2.24 bits per heavy atom. The van der Waals surface area contributed by atoms with Gasteiger partial charge in [0.05, 0.1) is 0 Å². The third-order valence-electron chi connectivity index (χ3n) is 3.03. The number of nitrogens with zero attached hydrogens (tertiary/aromatic N) is 1. The van der Waals surface area contributed by atoms with E-state index in [4.69, 9.17) is 5.11 Å². The second kappa shape index (κ2) is 5.38. The highest BCUT2D eigenvalue weighted by molar-refractivity contribution is 5.81. The highest BCUT2D eigenvalue weighted by atomic mass is 16.4. The van der Waals surface area contributed by atoms with Gasteiger partial charge in [0.1, 0.15) is 6.54 Å². The number of amides is 2. The molecule has 1 aliphatic rings. The summed E-state index contributed by atoms with van der Waals surface area (Å²) >= 11 is 0. The first-order valence-electron chi connectivity index (χ1n) is 6.10. The van der Waals surface area contributed by atoms with Gasteiger partial charge in [-0.3, -0.25) is 4.79 Å². The van der Waals surface area contributed by atoms with Gasteiger partial charge in [-0.05, 0) is 33.6 Å². The molecule has 0 aromatic rings. The minimum absolute atomic E-state index is 0.209. The standard InChI is InChI=1S/C12H22N2O3/c1-12(2,3)14(8-10(15)16)11(17)13-9-6-4-5-7-9/h9H,4-8H2,1-3H3,(H,13,17)(H,15,16). The first kappa shape index (κ1) is 13.8. The van der Waals surface area contributed by atoms with Gasteiger partial charge < -0.3 is 15.3 Å². The van der Waals surface area contributed by atoms with Crippen molar-refractivity contribution in [2.24, 2.45) is 0 Å². The lowest BCUT2D eigenvalue weighted by atomic mass is 10.1. The summed E-state index contributed by atoms with van der Waals surface area (Å²) in [5, 5.41) is 11.7. The summed E-state index contributed by atoms with van der Waals surface area (Å²) in [6, 6.07) is -0.0621. The van der Waals surface area contributed by atoms with E-state index in [1.54, 1.807) is 0 Å². The third kappa shape index (κ3) is 4.24. The molecule has 1 aliphatic carbocycles. The number of urea groups is 1. The van der Waals surface area contributed by atoms with Crippen LogP contribution in [0.5, 0.6) is 0 Å². The monoisotopic (exact) mass is 242 g/mol. The first-order chi connectivity index (χ1) is 7.80. The maximum atomic E-state index is 12.0. The van der Waals surface area contributed by atoms with Crippen LogP contribution in [0.15, 0.2) is 0 Å². The molecular formula is C12H22N2O3. The van der Waals surface area contributed by atoms with Gasteiger partial charge in [0.15, 0.2) is 0 Å². The van der Waals surface area contributed by atoms with Gasteiger partial charge in [0.2, 0.25) is 0 Å². The van der Waals surface area contributed by atoms with Gasteiger partial charge in [0.25, 0.3) is 0 Å². The lowest BCUT2D eigenvalue weighted by Gasteiger charge is -2.35. The Bertz CT molecular complexity index is 291. The third-order valence-corrected chi connectivity index (χ3v) is 3.03. The smallest absolute Gasteiger partial charge is 0.323 e. The van der Waals surface area contributed by atoms with Crippen molar-refractivity contribution in [2.45, 2.75) is 58.0 Å². The molecule has 1 rings (SSSR count). The van der Waals surface area contributed by atoms with Crippen LogP contribution in [0.4, 0.5) is 4.79 Å². The Kier molecular flexibility index (Phi) is 4.37. The van der Waals surface area contributed by atoms with E-state index >= 15 is 0 Å². The van der Waals surface area contributed by atoms with Gasteiger partial charge in [0, 0.05) is 11.6 Å². The fraction of sp³-hybridized carbons (Fsp3) is 0.833. The van der Waals surface area contributed by atoms with Crippen LogP contribution in [0.1, 0.15) is 46.5 Å². The van der Waals surface area contributed by atoms with Crippen molar-refractivity contribution < 1.29 is 14.7 Å². The number of hydrogen-bond acceptors (Lipinski definition) is 2. The van der Waals surface area contributed by atoms with Crippen LogP contribution in [0.25, 0.3) is 0 Å². The molecule has 1 saturated carbocycles. The summed E-state index contributed by atoms with van der Waals surface area (Å²) in [5.74, 6) is -0.985. The van der Waals surface area contributed by atoms with Crippen molar-refractivity contribution in [3.8, 4) is 0 Å². The number of carboxylic acid groups (broad SMARTS) is 1. The van der Waals surface area contributed by atoms with E-state index in [-0.39, 0.29) is 18.6 Å². The van der Waals surface area contributed by atoms with E-state index in [1.807, 2.05) is 20.8 Å². The van der Waals surface area contributed by atoms with Crippen LogP contribution >= 0.6 is 0 Å². The number of nitrogens with one attached hydrogen (secondary N) is 1. The Balaban J connectivity index is 2.61. The van der Waals surface area contributed by atoms with Crippen molar-refractivity contribution in [2.75, 3.05) is 6.54 Å². The fourth-order valence-corrected chi connectivity index (χ4v) is 2.07. The highest BCUT2D eigenvalue weighted by Gasteiger charge is 2.30. The van der Waals surface area contributed by atoms with E-state index in [1.165, 1.54) is 4.90 Å². The lowest BCUT2D eigenvalue weighted by Crippen LogP contribution is -2.54. The SMILES string of the molecule is CC(C)(C)N(CC(=O)O)C(=O)NC1CCCC1. The number of hydrogen-bond donors (Lipinski definition) is 2. The lowest BCUT2D eigenvalue weighted by molar-refractivity contribution is -0.138. The van der Waals surface area contributed by atoms with Crippen LogP contribution in [0.2, 0.25) is 0 Å². The maximum Gasteiger partial charge on any atom is 0.323 e. The molecule has 1 fully saturated rings. The number of rotatable bonds is 3. The molecule has 0 atom stereocenters. The second-order valence-corrected chi connectivity index (χ2v) is 5.58. The summed E-state index contributed by atoms with van der Waals surface area (Å²) in [7, 11) is 0. The summed E-state index contributed by atoms with van der Waals surface area (Å²) in [6.07, 6.45) is 4.27. The van der Waals surface area contributed by atoms with Crippen molar-refractivity contribution in [3.63, 3.8) is 0 Å². The molecule has 0 aromatic heterocycles. The molecule has 0 spiro atoms. The molecule has 0 heterocycles. The predicted octanol–water partition coefficient (Wildman–Crippen LogP) is 1.82. The number of carbonyl (C=O) groups excluding carboxylic acids is 1. The minimum atomic E-state index is -0.985. The molecule has 0 aromatic carbocycles. The molecule has 5 nitrogen and oxygen atoms in total. The first-order valence-corrected chi connectivity index (χ1v) is 6.10. The maximum absolute atomic E-state index is 12.0. The molecule has 98 valence electrons. The molecule has 2 amide bonds. The molecule has 0 aliphatic heterocycles. The van der Waals surface area contributed by atoms with E-state index in [2.05, 4.69) is 5.32 Å². The molecule has 0 radical (unpaired) electrons. The van der Waals surface area contributed by atoms with Crippen LogP contribution in [0, 0.1) is 0 Å². The van der Waals surface area contributed by atoms with Crippen LogP contribution < -0.4 is 5.32 Å². The largest absolute Gasteiger partial charge is 0.480 e. The fourth-order valence-electron chi connectivity index (χ4n) is 2.07. The van der Waals surface area contributed by atoms with E-state index in [0.717, 1.165) is 25.7 Å². The highest BCUT2D eigenvalue weighted by Crippen LogP contribution is 2.19. The Morgan fingerprint density at radius 1 is 1.29 bits per heavy atom. The van der Waals surface area contributed by atoms with Gasteiger partial charge >= 0.3 is 12.0 Å². The van der Waals surface area contributed by atoms with Crippen LogP contribution in [-0.2, 0) is 4.79 Å². The average molecular weight is 242 g/mol. The molecule has 0 saturated heterocycles. The second-order valence-electron chi connectivity index (χ2n) is 5.58. The van der Waals surface area contributed by atoms with Crippen LogP contribution in [0.3, 0.4) is 0 Å². The summed E-state index contributed by atoms with van der Waals surface area (Å²) in [4.78, 5) is 24.2. The van der Waals surface area contributed by atoms with Gasteiger partial charge in [-0.25, -0.2) is 4.79 Å². The predicted molar refractivity (Wildman–Crippen MR) is 64.9 cm³/mol. The molecule has 2 N–H and O–H groups in total. The quantitative estimate of drug-likeness (QED) is 0.793. The minimum Gasteiger partial charge on any atom is -0.480 e. The van der Waals surface area contributed by atoms with Crippen LogP contribution in [-0.4, -0.2) is 40.1 Å². The zero-order valence-electron chi connectivity index (χ0n) is 10.8. The summed E-state index contributed by atoms with van der Waals surface area (Å²) in [6.45, 7) is 5.25. The van der Waals surface area contributed by atoms with Crippen molar-refractivity contribution in [3.05, 3.63) is 0 Å². The van der Waals surface area contributed by atoms with Gasteiger partial charge in [-0.15, -0.1) is 0 Å². The van der Waals surface area contributed by atoms with E-state index in [0.29, 0.717) is 0 Å². The van der Waals surface area contributed by atoms with E-state index < -0.39 is 11.5 Å². The molecule has 0 bridgehead atoms. The van der Waals surface area contributed by atoms with Crippen molar-refractivity contribution in [1.29, 1.82) is 0 Å². The van der Waals surface area contributed by atoms with Gasteiger partial charge in [-0.1, -0.05) is 12.8 Å². The van der Waals surface area contributed by atoms with E-state index in [9.17, 15) is 9.59 Å². The molecular weight excluding hydrogens is 220 g/mol. The average Bonchev–Trinajstić information content (AvgIpc) is 2.64. The zero-order valence-corrected chi connectivity index (χ0v) is 10.8. The molecule has 0 unspecified atom stereocenters. The Labute approximate surface area is 102 Å². The zero-order chi connectivity index (χ0) is 13.1.